The van der Waals surface area contributed by atoms with Crippen LogP contribution < -0.4 is 5.32 Å². The molecule has 0 saturated heterocycles. The third-order valence-corrected chi connectivity index (χ3v) is 2.66. The second kappa shape index (κ2) is 8.16. The number of urea groups is 1. The molecule has 0 heterocycles. The molecule has 2 amide bonds. The van der Waals surface area contributed by atoms with E-state index in [0.717, 1.165) is 0 Å². The van der Waals surface area contributed by atoms with E-state index in [1.807, 2.05) is 6.92 Å². The fraction of sp³-hybridized carbons (Fsp3) is 0.429. The molecule has 1 aromatic rings. The second-order valence-corrected chi connectivity index (χ2v) is 4.32. The topological polar surface area (TPSA) is 78.9 Å². The van der Waals surface area contributed by atoms with Crippen LogP contribution >= 0.6 is 0 Å². The van der Waals surface area contributed by atoms with E-state index in [0.29, 0.717) is 31.0 Å². The molecule has 6 heteroatoms. The molecule has 0 spiro atoms. The quantitative estimate of drug-likeness (QED) is 0.747. The lowest BCUT2D eigenvalue weighted by Gasteiger charge is -2.18. The molecule has 2 N–H and O–H groups in total. The Balaban J connectivity index is 2.54. The lowest BCUT2D eigenvalue weighted by Crippen LogP contribution is -2.34. The summed E-state index contributed by atoms with van der Waals surface area (Å²) in [6.07, 6.45) is -0.0656. The van der Waals surface area contributed by atoms with E-state index in [-0.39, 0.29) is 12.5 Å². The van der Waals surface area contributed by atoms with Gasteiger partial charge in [-0.3, -0.25) is 4.79 Å². The number of benzene rings is 1. The van der Waals surface area contributed by atoms with E-state index in [2.05, 4.69) is 5.32 Å². The summed E-state index contributed by atoms with van der Waals surface area (Å²) in [7, 11) is 1.68. The first-order valence-electron chi connectivity index (χ1n) is 6.43. The maximum atomic E-state index is 11.9. The van der Waals surface area contributed by atoms with Gasteiger partial charge < -0.3 is 20.1 Å². The lowest BCUT2D eigenvalue weighted by atomic mass is 10.1. The third kappa shape index (κ3) is 5.71. The molecule has 0 atom stereocenters. The molecule has 1 rings (SSSR count). The van der Waals surface area contributed by atoms with Crippen molar-refractivity contribution >= 4 is 17.7 Å². The van der Waals surface area contributed by atoms with Crippen LogP contribution in [0.25, 0.3) is 0 Å². The van der Waals surface area contributed by atoms with Crippen LogP contribution in [0.15, 0.2) is 24.3 Å². The molecule has 110 valence electrons. The first-order chi connectivity index (χ1) is 9.52. The van der Waals surface area contributed by atoms with Gasteiger partial charge in [-0.15, -0.1) is 0 Å². The number of likely N-dealkylation sites (N-methyl/N-ethyl adjacent to an activating group) is 1. The van der Waals surface area contributed by atoms with Crippen LogP contribution in [0.4, 0.5) is 10.5 Å². The van der Waals surface area contributed by atoms with Gasteiger partial charge in [0.05, 0.1) is 13.0 Å². The fourth-order valence-electron chi connectivity index (χ4n) is 1.60. The van der Waals surface area contributed by atoms with Gasteiger partial charge in [0.25, 0.3) is 0 Å². The van der Waals surface area contributed by atoms with Gasteiger partial charge in [-0.05, 0) is 24.6 Å². The number of carbonyl (C=O) groups is 2. The highest BCUT2D eigenvalue weighted by Gasteiger charge is 2.09. The SMILES string of the molecule is CCOCCN(C)C(=O)Nc1cccc(CC(=O)O)c1. The normalized spacial score (nSPS) is 10.1. The summed E-state index contributed by atoms with van der Waals surface area (Å²) in [5.74, 6) is -0.901. The predicted octanol–water partition coefficient (Wildman–Crippen LogP) is 1.81. The summed E-state index contributed by atoms with van der Waals surface area (Å²) in [4.78, 5) is 24.0. The van der Waals surface area contributed by atoms with Crippen molar-refractivity contribution in [3.63, 3.8) is 0 Å². The standard InChI is InChI=1S/C14H20N2O4/c1-3-20-8-7-16(2)14(19)15-12-6-4-5-11(9-12)10-13(17)18/h4-6,9H,3,7-8,10H2,1-2H3,(H,15,19)(H,17,18). The summed E-state index contributed by atoms with van der Waals surface area (Å²) in [5.41, 5.74) is 1.23. The molecule has 0 aromatic heterocycles. The Hall–Kier alpha value is -2.08. The molecule has 1 aromatic carbocycles. The predicted molar refractivity (Wildman–Crippen MR) is 75.9 cm³/mol. The zero-order valence-electron chi connectivity index (χ0n) is 11.8. The minimum absolute atomic E-state index is 0.0656. The number of carboxylic acid groups (broad SMARTS) is 1. The van der Waals surface area contributed by atoms with Crippen LogP contribution in [0.3, 0.4) is 0 Å². The molecule has 0 saturated carbocycles. The maximum Gasteiger partial charge on any atom is 0.321 e. The Morgan fingerprint density at radius 2 is 2.15 bits per heavy atom. The Bertz CT molecular complexity index is 462. The van der Waals surface area contributed by atoms with Crippen LogP contribution in [0.2, 0.25) is 0 Å². The van der Waals surface area contributed by atoms with Crippen molar-refractivity contribution < 1.29 is 19.4 Å². The molecule has 0 bridgehead atoms. The Morgan fingerprint density at radius 1 is 1.40 bits per heavy atom. The summed E-state index contributed by atoms with van der Waals surface area (Å²) >= 11 is 0. The fourth-order valence-corrected chi connectivity index (χ4v) is 1.60. The number of ether oxygens (including phenoxy) is 1. The second-order valence-electron chi connectivity index (χ2n) is 4.32. The molecular weight excluding hydrogens is 260 g/mol. The van der Waals surface area contributed by atoms with E-state index in [4.69, 9.17) is 9.84 Å². The molecule has 0 aliphatic heterocycles. The van der Waals surface area contributed by atoms with Gasteiger partial charge in [-0.25, -0.2) is 4.79 Å². The van der Waals surface area contributed by atoms with Crippen LogP contribution in [-0.4, -0.2) is 48.8 Å². The van der Waals surface area contributed by atoms with Crippen LogP contribution in [0.1, 0.15) is 12.5 Å². The van der Waals surface area contributed by atoms with Crippen molar-refractivity contribution in [2.24, 2.45) is 0 Å². The van der Waals surface area contributed by atoms with Gasteiger partial charge in [-0.2, -0.15) is 0 Å². The van der Waals surface area contributed by atoms with Crippen LogP contribution in [0.5, 0.6) is 0 Å². The van der Waals surface area contributed by atoms with Gasteiger partial charge in [0, 0.05) is 25.9 Å². The molecule has 20 heavy (non-hydrogen) atoms. The number of rotatable bonds is 7. The Labute approximate surface area is 118 Å². The molecule has 0 radical (unpaired) electrons. The summed E-state index contributed by atoms with van der Waals surface area (Å²) in [5, 5.41) is 11.5. The molecule has 6 nitrogen and oxygen atoms in total. The Kier molecular flexibility index (Phi) is 6.52. The summed E-state index contributed by atoms with van der Waals surface area (Å²) < 4.78 is 5.18. The van der Waals surface area contributed by atoms with E-state index < -0.39 is 5.97 Å². The minimum Gasteiger partial charge on any atom is -0.481 e. The average molecular weight is 280 g/mol. The van der Waals surface area contributed by atoms with Crippen molar-refractivity contribution in [1.29, 1.82) is 0 Å². The number of hydrogen-bond acceptors (Lipinski definition) is 3. The molecule has 0 unspecified atom stereocenters. The molecule has 0 fully saturated rings. The largest absolute Gasteiger partial charge is 0.481 e. The number of amides is 2. The number of carboxylic acids is 1. The highest BCUT2D eigenvalue weighted by Crippen LogP contribution is 2.11. The van der Waals surface area contributed by atoms with Crippen LogP contribution in [-0.2, 0) is 16.0 Å². The lowest BCUT2D eigenvalue weighted by molar-refractivity contribution is -0.136. The molecule has 0 aliphatic rings. The molecule has 0 aliphatic carbocycles. The van der Waals surface area contributed by atoms with Crippen molar-refractivity contribution in [2.75, 3.05) is 32.1 Å². The monoisotopic (exact) mass is 280 g/mol. The summed E-state index contributed by atoms with van der Waals surface area (Å²) in [6.45, 7) is 3.49. The highest BCUT2D eigenvalue weighted by atomic mass is 16.5. The smallest absolute Gasteiger partial charge is 0.321 e. The minimum atomic E-state index is -0.901. The number of nitrogens with one attached hydrogen (secondary N) is 1. The first kappa shape index (κ1) is 16.0. The van der Waals surface area contributed by atoms with Gasteiger partial charge in [0.2, 0.25) is 0 Å². The first-order valence-corrected chi connectivity index (χ1v) is 6.43. The number of hydrogen-bond donors (Lipinski definition) is 2. The molecular formula is C14H20N2O4. The number of anilines is 1. The van der Waals surface area contributed by atoms with Crippen LogP contribution in [0, 0.1) is 0 Å². The van der Waals surface area contributed by atoms with E-state index >= 15 is 0 Å². The highest BCUT2D eigenvalue weighted by molar-refractivity contribution is 5.89. The van der Waals surface area contributed by atoms with Gasteiger partial charge in [-0.1, -0.05) is 12.1 Å². The summed E-state index contributed by atoms with van der Waals surface area (Å²) in [6, 6.07) is 6.55. The van der Waals surface area contributed by atoms with E-state index in [9.17, 15) is 9.59 Å². The van der Waals surface area contributed by atoms with Gasteiger partial charge >= 0.3 is 12.0 Å². The average Bonchev–Trinajstić information content (AvgIpc) is 2.38. The van der Waals surface area contributed by atoms with Gasteiger partial charge in [0.15, 0.2) is 0 Å². The number of aliphatic carboxylic acids is 1. The Morgan fingerprint density at radius 3 is 2.80 bits per heavy atom. The van der Waals surface area contributed by atoms with Crippen molar-refractivity contribution in [1.82, 2.24) is 4.90 Å². The van der Waals surface area contributed by atoms with E-state index in [1.165, 1.54) is 4.90 Å². The number of nitrogens with zero attached hydrogens (tertiary/aromatic N) is 1. The zero-order chi connectivity index (χ0) is 15.0. The van der Waals surface area contributed by atoms with E-state index in [1.54, 1.807) is 31.3 Å². The van der Waals surface area contributed by atoms with Crippen molar-refractivity contribution in [2.45, 2.75) is 13.3 Å². The van der Waals surface area contributed by atoms with Gasteiger partial charge in [0.1, 0.15) is 0 Å². The number of carbonyl (C=O) groups excluding carboxylic acids is 1. The van der Waals surface area contributed by atoms with Crippen molar-refractivity contribution in [3.8, 4) is 0 Å². The van der Waals surface area contributed by atoms with Crippen molar-refractivity contribution in [3.05, 3.63) is 29.8 Å². The third-order valence-electron chi connectivity index (χ3n) is 2.66. The maximum absolute atomic E-state index is 11.9. The zero-order valence-corrected chi connectivity index (χ0v) is 11.8.